The van der Waals surface area contributed by atoms with E-state index in [0.717, 1.165) is 5.82 Å². The Morgan fingerprint density at radius 3 is 2.75 bits per heavy atom. The zero-order chi connectivity index (χ0) is 14.3. The minimum Gasteiger partial charge on any atom is -0.504 e. The molecule has 0 bridgehead atoms. The SMILES string of the molecule is O=C(O)C1CCc2nnc(-c3ccc(O)c(O)c3)n2C1. The molecule has 0 saturated heterocycles. The topological polar surface area (TPSA) is 108 Å². The normalized spacial score (nSPS) is 17.7. The smallest absolute Gasteiger partial charge is 0.308 e. The Kier molecular flexibility index (Phi) is 2.81. The summed E-state index contributed by atoms with van der Waals surface area (Å²) in [6, 6.07) is 4.36. The van der Waals surface area contributed by atoms with Gasteiger partial charge < -0.3 is 19.9 Å². The Labute approximate surface area is 114 Å². The maximum Gasteiger partial charge on any atom is 0.308 e. The third-order valence-electron chi connectivity index (χ3n) is 3.53. The van der Waals surface area contributed by atoms with E-state index in [9.17, 15) is 15.0 Å². The van der Waals surface area contributed by atoms with E-state index >= 15 is 0 Å². The Morgan fingerprint density at radius 2 is 2.05 bits per heavy atom. The number of benzene rings is 1. The van der Waals surface area contributed by atoms with E-state index in [1.54, 1.807) is 10.6 Å². The van der Waals surface area contributed by atoms with Crippen molar-refractivity contribution in [3.05, 3.63) is 24.0 Å². The van der Waals surface area contributed by atoms with Crippen LogP contribution in [0, 0.1) is 5.92 Å². The van der Waals surface area contributed by atoms with Crippen molar-refractivity contribution in [2.75, 3.05) is 0 Å². The van der Waals surface area contributed by atoms with Crippen LogP contribution in [0.5, 0.6) is 11.5 Å². The van der Waals surface area contributed by atoms with Crippen LogP contribution in [0.4, 0.5) is 0 Å². The zero-order valence-electron chi connectivity index (χ0n) is 10.5. The Balaban J connectivity index is 2.02. The summed E-state index contributed by atoms with van der Waals surface area (Å²) >= 11 is 0. The van der Waals surface area contributed by atoms with Crippen molar-refractivity contribution in [3.63, 3.8) is 0 Å². The van der Waals surface area contributed by atoms with Gasteiger partial charge in [-0.25, -0.2) is 0 Å². The number of nitrogens with zero attached hydrogens (tertiary/aromatic N) is 3. The number of hydrogen-bond donors (Lipinski definition) is 3. The zero-order valence-corrected chi connectivity index (χ0v) is 10.5. The molecule has 7 heteroatoms. The lowest BCUT2D eigenvalue weighted by atomic mass is 9.99. The van der Waals surface area contributed by atoms with Gasteiger partial charge in [-0.05, 0) is 24.6 Å². The van der Waals surface area contributed by atoms with Gasteiger partial charge in [-0.2, -0.15) is 0 Å². The van der Waals surface area contributed by atoms with Gasteiger partial charge in [-0.3, -0.25) is 4.79 Å². The number of aromatic nitrogens is 3. The summed E-state index contributed by atoms with van der Waals surface area (Å²) in [6.07, 6.45) is 1.11. The van der Waals surface area contributed by atoms with E-state index in [1.165, 1.54) is 12.1 Å². The van der Waals surface area contributed by atoms with E-state index in [-0.39, 0.29) is 11.5 Å². The number of aromatic hydroxyl groups is 2. The summed E-state index contributed by atoms with van der Waals surface area (Å²) in [7, 11) is 0. The molecule has 0 radical (unpaired) electrons. The van der Waals surface area contributed by atoms with Crippen molar-refractivity contribution in [2.45, 2.75) is 19.4 Å². The number of carboxylic acid groups (broad SMARTS) is 1. The van der Waals surface area contributed by atoms with Crippen molar-refractivity contribution in [3.8, 4) is 22.9 Å². The van der Waals surface area contributed by atoms with E-state index < -0.39 is 11.9 Å². The molecule has 1 aromatic heterocycles. The molecular weight excluding hydrogens is 262 g/mol. The number of aliphatic carboxylic acids is 1. The second-order valence-electron chi connectivity index (χ2n) is 4.83. The van der Waals surface area contributed by atoms with Crippen LogP contribution in [0.3, 0.4) is 0 Å². The molecule has 1 aliphatic heterocycles. The molecule has 20 heavy (non-hydrogen) atoms. The standard InChI is InChI=1S/C13H13N3O4/c17-9-3-1-7(5-10(9)18)12-15-14-11-4-2-8(13(19)20)6-16(11)12/h1,3,5,8,17-18H,2,4,6H2,(H,19,20). The van der Waals surface area contributed by atoms with Crippen LogP contribution in [0.25, 0.3) is 11.4 Å². The fourth-order valence-corrected chi connectivity index (χ4v) is 2.40. The summed E-state index contributed by atoms with van der Waals surface area (Å²) in [5, 5.41) is 36.1. The molecule has 0 aliphatic carbocycles. The number of rotatable bonds is 2. The lowest BCUT2D eigenvalue weighted by molar-refractivity contribution is -0.142. The van der Waals surface area contributed by atoms with Crippen LogP contribution in [0.2, 0.25) is 0 Å². The molecular formula is C13H13N3O4. The highest BCUT2D eigenvalue weighted by molar-refractivity contribution is 5.70. The van der Waals surface area contributed by atoms with Gasteiger partial charge >= 0.3 is 5.97 Å². The number of aryl methyl sites for hydroxylation is 1. The van der Waals surface area contributed by atoms with E-state index in [2.05, 4.69) is 10.2 Å². The summed E-state index contributed by atoms with van der Waals surface area (Å²) in [5.41, 5.74) is 0.588. The number of phenolic OH excluding ortho intramolecular Hbond substituents is 2. The van der Waals surface area contributed by atoms with E-state index in [1.807, 2.05) is 0 Å². The van der Waals surface area contributed by atoms with Crippen molar-refractivity contribution in [1.82, 2.24) is 14.8 Å². The molecule has 1 atom stereocenters. The first-order chi connectivity index (χ1) is 9.56. The molecule has 1 unspecified atom stereocenters. The third-order valence-corrected chi connectivity index (χ3v) is 3.53. The Bertz CT molecular complexity index is 680. The second kappa shape index (κ2) is 4.52. The number of hydrogen-bond acceptors (Lipinski definition) is 5. The van der Waals surface area contributed by atoms with Crippen molar-refractivity contribution in [1.29, 1.82) is 0 Å². The third kappa shape index (κ3) is 1.97. The number of phenols is 2. The fraction of sp³-hybridized carbons (Fsp3) is 0.308. The molecule has 2 aromatic rings. The number of carbonyl (C=O) groups is 1. The van der Waals surface area contributed by atoms with Crippen LogP contribution in [-0.2, 0) is 17.8 Å². The van der Waals surface area contributed by atoms with Gasteiger partial charge in [-0.1, -0.05) is 0 Å². The Morgan fingerprint density at radius 1 is 1.25 bits per heavy atom. The van der Waals surface area contributed by atoms with Gasteiger partial charge in [0.25, 0.3) is 0 Å². The molecule has 1 aromatic carbocycles. The largest absolute Gasteiger partial charge is 0.504 e. The quantitative estimate of drug-likeness (QED) is 0.706. The van der Waals surface area contributed by atoms with Crippen LogP contribution < -0.4 is 0 Å². The molecule has 1 aliphatic rings. The maximum atomic E-state index is 11.1. The molecule has 0 fully saturated rings. The average molecular weight is 275 g/mol. The van der Waals surface area contributed by atoms with Gasteiger partial charge in [0.1, 0.15) is 5.82 Å². The number of carboxylic acids is 1. The highest BCUT2D eigenvalue weighted by Gasteiger charge is 2.27. The monoisotopic (exact) mass is 275 g/mol. The molecule has 3 N–H and O–H groups in total. The van der Waals surface area contributed by atoms with Gasteiger partial charge in [0.2, 0.25) is 0 Å². The van der Waals surface area contributed by atoms with Crippen LogP contribution >= 0.6 is 0 Å². The van der Waals surface area contributed by atoms with Crippen LogP contribution in [-0.4, -0.2) is 36.1 Å². The minimum absolute atomic E-state index is 0.212. The predicted molar refractivity (Wildman–Crippen MR) is 68.2 cm³/mol. The lowest BCUT2D eigenvalue weighted by Gasteiger charge is -2.21. The Hall–Kier alpha value is -2.57. The van der Waals surface area contributed by atoms with E-state index in [4.69, 9.17) is 5.11 Å². The minimum atomic E-state index is -0.830. The van der Waals surface area contributed by atoms with Crippen LogP contribution in [0.15, 0.2) is 18.2 Å². The summed E-state index contributed by atoms with van der Waals surface area (Å²) < 4.78 is 1.76. The van der Waals surface area contributed by atoms with Gasteiger partial charge in [-0.15, -0.1) is 10.2 Å². The first-order valence-electron chi connectivity index (χ1n) is 6.23. The van der Waals surface area contributed by atoms with Crippen molar-refractivity contribution >= 4 is 5.97 Å². The highest BCUT2D eigenvalue weighted by atomic mass is 16.4. The van der Waals surface area contributed by atoms with E-state index in [0.29, 0.717) is 30.8 Å². The molecule has 0 spiro atoms. The summed E-state index contributed by atoms with van der Waals surface area (Å²) in [4.78, 5) is 11.1. The molecule has 2 heterocycles. The van der Waals surface area contributed by atoms with Crippen molar-refractivity contribution in [2.24, 2.45) is 5.92 Å². The van der Waals surface area contributed by atoms with Gasteiger partial charge in [0.15, 0.2) is 17.3 Å². The maximum absolute atomic E-state index is 11.1. The first kappa shape index (κ1) is 12.5. The molecule has 104 valence electrons. The lowest BCUT2D eigenvalue weighted by Crippen LogP contribution is -2.27. The molecule has 0 saturated carbocycles. The molecule has 0 amide bonds. The first-order valence-corrected chi connectivity index (χ1v) is 6.23. The predicted octanol–water partition coefficient (Wildman–Crippen LogP) is 1.00. The second-order valence-corrected chi connectivity index (χ2v) is 4.83. The highest BCUT2D eigenvalue weighted by Crippen LogP contribution is 2.31. The average Bonchev–Trinajstić information content (AvgIpc) is 2.84. The van der Waals surface area contributed by atoms with Gasteiger partial charge in [0, 0.05) is 18.5 Å². The molecule has 7 nitrogen and oxygen atoms in total. The van der Waals surface area contributed by atoms with Gasteiger partial charge in [0.05, 0.1) is 5.92 Å². The fourth-order valence-electron chi connectivity index (χ4n) is 2.40. The van der Waals surface area contributed by atoms with Crippen LogP contribution in [0.1, 0.15) is 12.2 Å². The number of fused-ring (bicyclic) bond motifs is 1. The summed E-state index contributed by atoms with van der Waals surface area (Å²) in [6.45, 7) is 0.314. The summed E-state index contributed by atoms with van der Waals surface area (Å²) in [5.74, 6) is -0.501. The molecule has 3 rings (SSSR count). The van der Waals surface area contributed by atoms with Crippen molar-refractivity contribution < 1.29 is 20.1 Å².